The Kier molecular flexibility index (Phi) is 3.98. The fourth-order valence-electron chi connectivity index (χ4n) is 2.95. The van der Waals surface area contributed by atoms with Crippen molar-refractivity contribution in [1.82, 2.24) is 14.5 Å². The summed E-state index contributed by atoms with van der Waals surface area (Å²) >= 11 is 0. The maximum Gasteiger partial charge on any atom is 0.329 e. The van der Waals surface area contributed by atoms with Gasteiger partial charge in [-0.2, -0.15) is 0 Å². The van der Waals surface area contributed by atoms with Gasteiger partial charge in [0.05, 0.1) is 10.9 Å². The zero-order chi connectivity index (χ0) is 17.5. The van der Waals surface area contributed by atoms with E-state index < -0.39 is 29.0 Å². The molecule has 24 heavy (non-hydrogen) atoms. The number of benzene rings is 1. The molecule has 6 nitrogen and oxygen atoms in total. The van der Waals surface area contributed by atoms with Gasteiger partial charge in [0.1, 0.15) is 6.54 Å². The number of halogens is 2. The molecular weight excluding hydrogens is 320 g/mol. The van der Waals surface area contributed by atoms with E-state index in [4.69, 9.17) is 0 Å². The lowest BCUT2D eigenvalue weighted by molar-refractivity contribution is -0.144. The first-order valence-corrected chi connectivity index (χ1v) is 7.67. The van der Waals surface area contributed by atoms with E-state index in [-0.39, 0.29) is 26.1 Å². The fourth-order valence-corrected chi connectivity index (χ4v) is 2.95. The van der Waals surface area contributed by atoms with Crippen molar-refractivity contribution >= 4 is 16.8 Å². The number of para-hydroxylation sites is 1. The number of aromatic nitrogens is 2. The molecule has 2 heterocycles. The van der Waals surface area contributed by atoms with Crippen molar-refractivity contribution in [2.75, 3.05) is 13.1 Å². The van der Waals surface area contributed by atoms with Crippen LogP contribution in [-0.4, -0.2) is 39.4 Å². The second-order valence-corrected chi connectivity index (χ2v) is 6.11. The smallest absolute Gasteiger partial charge is 0.329 e. The fraction of sp³-hybridized carbons (Fsp3) is 0.438. The van der Waals surface area contributed by atoms with Crippen molar-refractivity contribution in [3.63, 3.8) is 0 Å². The Morgan fingerprint density at radius 3 is 2.75 bits per heavy atom. The maximum atomic E-state index is 13.5. The predicted octanol–water partition coefficient (Wildman–Crippen LogP) is 1.19. The number of carbonyl (C=O) groups excluding carboxylic acids is 1. The van der Waals surface area contributed by atoms with Crippen molar-refractivity contribution < 1.29 is 13.6 Å². The number of amides is 1. The van der Waals surface area contributed by atoms with E-state index >= 15 is 0 Å². The van der Waals surface area contributed by atoms with E-state index in [0.717, 1.165) is 4.57 Å². The molecule has 1 amide bonds. The quantitative estimate of drug-likeness (QED) is 0.895. The Morgan fingerprint density at radius 2 is 2.04 bits per heavy atom. The molecule has 3 rings (SSSR count). The highest BCUT2D eigenvalue weighted by Crippen LogP contribution is 2.33. The Balaban J connectivity index is 1.90. The molecule has 1 N–H and O–H groups in total. The van der Waals surface area contributed by atoms with Gasteiger partial charge in [-0.25, -0.2) is 13.6 Å². The zero-order valence-corrected chi connectivity index (χ0v) is 13.1. The first kappa shape index (κ1) is 16.4. The SMILES string of the molecule is CC1CN(C(=O)Cn2c(=O)[nH]c(=O)c3ccccc32)CCC1(F)F. The molecule has 1 saturated heterocycles. The highest BCUT2D eigenvalue weighted by molar-refractivity contribution is 5.81. The minimum atomic E-state index is -2.78. The third kappa shape index (κ3) is 2.83. The minimum absolute atomic E-state index is 0.0494. The molecule has 1 aliphatic heterocycles. The van der Waals surface area contributed by atoms with Gasteiger partial charge in [-0.05, 0) is 12.1 Å². The second-order valence-electron chi connectivity index (χ2n) is 6.11. The molecule has 1 aliphatic rings. The van der Waals surface area contributed by atoms with Gasteiger partial charge in [0, 0.05) is 25.4 Å². The van der Waals surface area contributed by atoms with Gasteiger partial charge < -0.3 is 4.90 Å². The van der Waals surface area contributed by atoms with E-state index in [2.05, 4.69) is 4.98 Å². The van der Waals surface area contributed by atoms with Gasteiger partial charge in [0.2, 0.25) is 5.91 Å². The Hall–Kier alpha value is -2.51. The predicted molar refractivity (Wildman–Crippen MR) is 84.1 cm³/mol. The monoisotopic (exact) mass is 337 g/mol. The molecule has 1 aromatic heterocycles. The number of fused-ring (bicyclic) bond motifs is 1. The second kappa shape index (κ2) is 5.85. The molecule has 1 fully saturated rings. The Bertz CT molecular complexity index is 903. The number of H-pyrrole nitrogens is 1. The summed E-state index contributed by atoms with van der Waals surface area (Å²) < 4.78 is 28.3. The van der Waals surface area contributed by atoms with Crippen LogP contribution in [0, 0.1) is 5.92 Å². The van der Waals surface area contributed by atoms with Gasteiger partial charge in [-0.3, -0.25) is 19.1 Å². The third-order valence-corrected chi connectivity index (χ3v) is 4.48. The lowest BCUT2D eigenvalue weighted by Gasteiger charge is -2.36. The van der Waals surface area contributed by atoms with E-state index in [1.807, 2.05) is 0 Å². The lowest BCUT2D eigenvalue weighted by atomic mass is 9.95. The molecule has 1 aromatic carbocycles. The van der Waals surface area contributed by atoms with Gasteiger partial charge in [0.15, 0.2) is 0 Å². The molecule has 0 radical (unpaired) electrons. The zero-order valence-electron chi connectivity index (χ0n) is 13.1. The average Bonchev–Trinajstić information content (AvgIpc) is 2.54. The van der Waals surface area contributed by atoms with Crippen molar-refractivity contribution in [2.24, 2.45) is 5.92 Å². The lowest BCUT2D eigenvalue weighted by Crippen LogP contribution is -2.49. The maximum absolute atomic E-state index is 13.5. The number of hydrogen-bond acceptors (Lipinski definition) is 3. The topological polar surface area (TPSA) is 75.2 Å². The number of aromatic amines is 1. The molecule has 0 spiro atoms. The Morgan fingerprint density at radius 1 is 1.33 bits per heavy atom. The van der Waals surface area contributed by atoms with Crippen LogP contribution in [0.25, 0.3) is 10.9 Å². The standard InChI is InChI=1S/C16H17F2N3O3/c1-10-8-20(7-6-16(10,17)18)13(22)9-21-12-5-3-2-4-11(12)14(23)19-15(21)24/h2-5,10H,6-9H2,1H3,(H,19,23,24). The van der Waals surface area contributed by atoms with Crippen LogP contribution in [0.5, 0.6) is 0 Å². The number of carbonyl (C=O) groups is 1. The number of nitrogens with zero attached hydrogens (tertiary/aromatic N) is 2. The highest BCUT2D eigenvalue weighted by Gasteiger charge is 2.42. The van der Waals surface area contributed by atoms with E-state index in [1.165, 1.54) is 11.8 Å². The number of nitrogens with one attached hydrogen (secondary N) is 1. The van der Waals surface area contributed by atoms with Crippen molar-refractivity contribution in [3.05, 3.63) is 45.1 Å². The molecule has 1 unspecified atom stereocenters. The van der Waals surface area contributed by atoms with Gasteiger partial charge >= 0.3 is 5.69 Å². The van der Waals surface area contributed by atoms with Crippen LogP contribution in [-0.2, 0) is 11.3 Å². The summed E-state index contributed by atoms with van der Waals surface area (Å²) in [6.07, 6.45) is -0.388. The van der Waals surface area contributed by atoms with Crippen LogP contribution >= 0.6 is 0 Å². The van der Waals surface area contributed by atoms with Crippen LogP contribution in [0.2, 0.25) is 0 Å². The first-order valence-electron chi connectivity index (χ1n) is 7.67. The molecule has 0 saturated carbocycles. The van der Waals surface area contributed by atoms with Crippen LogP contribution in [0.3, 0.4) is 0 Å². The summed E-state index contributed by atoms with van der Waals surface area (Å²) in [5, 5.41) is 0.295. The van der Waals surface area contributed by atoms with E-state index in [1.54, 1.807) is 24.3 Å². The average molecular weight is 337 g/mol. The normalized spacial score (nSPS) is 20.3. The molecule has 2 aromatic rings. The number of alkyl halides is 2. The number of piperidine rings is 1. The minimum Gasteiger partial charge on any atom is -0.340 e. The van der Waals surface area contributed by atoms with Crippen LogP contribution in [0.1, 0.15) is 13.3 Å². The highest BCUT2D eigenvalue weighted by atomic mass is 19.3. The van der Waals surface area contributed by atoms with Gasteiger partial charge in [-0.15, -0.1) is 0 Å². The number of rotatable bonds is 2. The summed E-state index contributed by atoms with van der Waals surface area (Å²) in [7, 11) is 0. The van der Waals surface area contributed by atoms with E-state index in [9.17, 15) is 23.2 Å². The molecule has 0 bridgehead atoms. The van der Waals surface area contributed by atoms with Gasteiger partial charge in [-0.1, -0.05) is 19.1 Å². The van der Waals surface area contributed by atoms with Crippen LogP contribution < -0.4 is 11.2 Å². The largest absolute Gasteiger partial charge is 0.340 e. The summed E-state index contributed by atoms with van der Waals surface area (Å²) in [6.45, 7) is 1.00. The Labute approximate surface area is 135 Å². The molecule has 0 aliphatic carbocycles. The molecule has 128 valence electrons. The first-order chi connectivity index (χ1) is 11.3. The van der Waals surface area contributed by atoms with Crippen molar-refractivity contribution in [3.8, 4) is 0 Å². The molecular formula is C16H17F2N3O3. The molecule has 8 heteroatoms. The van der Waals surface area contributed by atoms with E-state index in [0.29, 0.717) is 10.9 Å². The summed E-state index contributed by atoms with van der Waals surface area (Å²) in [5.41, 5.74) is -0.872. The van der Waals surface area contributed by atoms with Crippen molar-refractivity contribution in [1.29, 1.82) is 0 Å². The third-order valence-electron chi connectivity index (χ3n) is 4.48. The summed E-state index contributed by atoms with van der Waals surface area (Å²) in [5.74, 6) is -4.13. The number of hydrogen-bond donors (Lipinski definition) is 1. The van der Waals surface area contributed by atoms with Crippen LogP contribution in [0.15, 0.2) is 33.9 Å². The van der Waals surface area contributed by atoms with Crippen LogP contribution in [0.4, 0.5) is 8.78 Å². The van der Waals surface area contributed by atoms with Gasteiger partial charge in [0.25, 0.3) is 11.5 Å². The number of likely N-dealkylation sites (tertiary alicyclic amines) is 1. The summed E-state index contributed by atoms with van der Waals surface area (Å²) in [6, 6.07) is 6.44. The molecule has 1 atom stereocenters. The van der Waals surface area contributed by atoms with Crippen molar-refractivity contribution in [2.45, 2.75) is 25.8 Å². The summed E-state index contributed by atoms with van der Waals surface area (Å²) in [4.78, 5) is 39.8.